The van der Waals surface area contributed by atoms with E-state index >= 15 is 0 Å². The first kappa shape index (κ1) is 22.7. The number of nitrogens with zero attached hydrogens (tertiary/aromatic N) is 1. The Morgan fingerprint density at radius 1 is 1.00 bits per heavy atom. The third-order valence-corrected chi connectivity index (χ3v) is 5.56. The average Bonchev–Trinajstić information content (AvgIpc) is 2.80. The number of nitriles is 1. The highest BCUT2D eigenvalue weighted by Crippen LogP contribution is 2.32. The van der Waals surface area contributed by atoms with Gasteiger partial charge in [0.2, 0.25) is 0 Å². The van der Waals surface area contributed by atoms with Gasteiger partial charge in [-0.25, -0.2) is 8.42 Å². The molecule has 0 aliphatic carbocycles. The van der Waals surface area contributed by atoms with E-state index in [1.54, 1.807) is 60.7 Å². The Morgan fingerprint density at radius 3 is 2.41 bits per heavy atom. The predicted molar refractivity (Wildman–Crippen MR) is 123 cm³/mol. The number of sulfonamides is 1. The van der Waals surface area contributed by atoms with Crippen molar-refractivity contribution >= 4 is 21.8 Å². The van der Waals surface area contributed by atoms with Crippen LogP contribution in [0, 0.1) is 11.3 Å². The molecule has 0 atom stereocenters. The van der Waals surface area contributed by atoms with E-state index in [1.165, 1.54) is 13.2 Å². The number of para-hydroxylation sites is 3. The lowest BCUT2D eigenvalue weighted by atomic mass is 10.2. The Morgan fingerprint density at radius 2 is 1.72 bits per heavy atom. The molecule has 8 heteroatoms. The summed E-state index contributed by atoms with van der Waals surface area (Å²) in [7, 11) is -2.70. The van der Waals surface area contributed by atoms with Gasteiger partial charge in [0, 0.05) is 0 Å². The Labute approximate surface area is 187 Å². The van der Waals surface area contributed by atoms with Crippen LogP contribution in [0.2, 0.25) is 0 Å². The number of ether oxygens (including phenoxy) is 3. The van der Waals surface area contributed by atoms with Gasteiger partial charge in [-0.2, -0.15) is 5.26 Å². The fourth-order valence-corrected chi connectivity index (χ4v) is 3.80. The van der Waals surface area contributed by atoms with Crippen molar-refractivity contribution in [3.8, 4) is 29.1 Å². The van der Waals surface area contributed by atoms with Gasteiger partial charge in [-0.1, -0.05) is 36.4 Å². The molecule has 164 valence electrons. The summed E-state index contributed by atoms with van der Waals surface area (Å²) >= 11 is 0. The Kier molecular flexibility index (Phi) is 7.37. The minimum atomic E-state index is -4.18. The summed E-state index contributed by atoms with van der Waals surface area (Å²) in [6.07, 6.45) is 1.27. The van der Waals surface area contributed by atoms with Gasteiger partial charge in [-0.15, -0.1) is 0 Å². The summed E-state index contributed by atoms with van der Waals surface area (Å²) in [5, 5.41) is 9.55. The van der Waals surface area contributed by atoms with Gasteiger partial charge in [0.15, 0.2) is 22.2 Å². The van der Waals surface area contributed by atoms with Gasteiger partial charge in [-0.3, -0.25) is 4.72 Å². The molecule has 1 N–H and O–H groups in total. The van der Waals surface area contributed by atoms with Crippen molar-refractivity contribution in [2.45, 2.75) is 6.92 Å². The van der Waals surface area contributed by atoms with Crippen molar-refractivity contribution in [1.82, 2.24) is 0 Å². The number of benzene rings is 3. The molecule has 0 saturated heterocycles. The number of rotatable bonds is 9. The molecule has 3 aromatic carbocycles. The van der Waals surface area contributed by atoms with Crippen LogP contribution in [-0.2, 0) is 10.0 Å². The molecule has 0 bridgehead atoms. The average molecular weight is 451 g/mol. The van der Waals surface area contributed by atoms with Gasteiger partial charge in [-0.05, 0) is 55.0 Å². The second-order valence-electron chi connectivity index (χ2n) is 6.48. The molecule has 0 spiro atoms. The number of anilines is 1. The lowest BCUT2D eigenvalue weighted by Gasteiger charge is -2.13. The molecule has 7 nitrogen and oxygen atoms in total. The van der Waals surface area contributed by atoms with E-state index < -0.39 is 14.9 Å². The van der Waals surface area contributed by atoms with Crippen LogP contribution < -0.4 is 18.9 Å². The van der Waals surface area contributed by atoms with Crippen molar-refractivity contribution in [3.05, 3.63) is 83.3 Å². The van der Waals surface area contributed by atoms with Crippen LogP contribution in [0.15, 0.2) is 77.7 Å². The van der Waals surface area contributed by atoms with Crippen LogP contribution in [0.5, 0.6) is 23.0 Å². The largest absolute Gasteiger partial charge is 0.493 e. The molecular formula is C24H22N2O5S. The molecular weight excluding hydrogens is 428 g/mol. The molecule has 0 radical (unpaired) electrons. The van der Waals surface area contributed by atoms with Crippen LogP contribution in [0.25, 0.3) is 6.08 Å². The molecule has 0 heterocycles. The number of hydrogen-bond acceptors (Lipinski definition) is 6. The van der Waals surface area contributed by atoms with Crippen LogP contribution in [0.4, 0.5) is 5.69 Å². The van der Waals surface area contributed by atoms with E-state index in [9.17, 15) is 13.7 Å². The number of nitrogens with one attached hydrogen (secondary N) is 1. The van der Waals surface area contributed by atoms with Crippen molar-refractivity contribution in [3.63, 3.8) is 0 Å². The third kappa shape index (κ3) is 5.59. The van der Waals surface area contributed by atoms with Crippen LogP contribution in [0.1, 0.15) is 12.5 Å². The second kappa shape index (κ2) is 10.4. The van der Waals surface area contributed by atoms with Gasteiger partial charge in [0.1, 0.15) is 11.8 Å². The van der Waals surface area contributed by atoms with Crippen molar-refractivity contribution in [2.24, 2.45) is 0 Å². The second-order valence-corrected chi connectivity index (χ2v) is 8.13. The smallest absolute Gasteiger partial charge is 0.272 e. The maximum absolute atomic E-state index is 13.0. The molecule has 0 fully saturated rings. The molecule has 32 heavy (non-hydrogen) atoms. The fraction of sp³-hybridized carbons (Fsp3) is 0.125. The van der Waals surface area contributed by atoms with E-state index in [2.05, 4.69) is 4.72 Å². The van der Waals surface area contributed by atoms with Crippen LogP contribution in [0.3, 0.4) is 0 Å². The zero-order valence-electron chi connectivity index (χ0n) is 17.6. The summed E-state index contributed by atoms with van der Waals surface area (Å²) in [4.78, 5) is -0.460. The van der Waals surface area contributed by atoms with Gasteiger partial charge < -0.3 is 14.2 Å². The standard InChI is InChI=1S/C24H22N2O5S/c1-3-30-23-14-13-18(16-24(23)29-2)15-20(17-25)32(27,28)26-21-11-7-8-12-22(21)31-19-9-5-4-6-10-19/h4-16,26H,3H2,1-2H3/b20-15-. The first-order valence-corrected chi connectivity index (χ1v) is 11.2. The highest BCUT2D eigenvalue weighted by atomic mass is 32.2. The highest BCUT2D eigenvalue weighted by molar-refractivity contribution is 7.97. The summed E-state index contributed by atoms with van der Waals surface area (Å²) in [5.74, 6) is 1.82. The molecule has 0 aromatic heterocycles. The maximum Gasteiger partial charge on any atom is 0.272 e. The molecule has 3 aromatic rings. The quantitative estimate of drug-likeness (QED) is 0.451. The topological polar surface area (TPSA) is 97.7 Å². The zero-order chi connectivity index (χ0) is 23.0. The normalized spacial score (nSPS) is 11.3. The maximum atomic E-state index is 13.0. The summed E-state index contributed by atoms with van der Waals surface area (Å²) in [5.41, 5.74) is 0.683. The fourth-order valence-electron chi connectivity index (χ4n) is 2.83. The molecule has 0 aliphatic heterocycles. The molecule has 0 unspecified atom stereocenters. The molecule has 0 amide bonds. The predicted octanol–water partition coefficient (Wildman–Crippen LogP) is 5.19. The lowest BCUT2D eigenvalue weighted by Crippen LogP contribution is -2.14. The zero-order valence-corrected chi connectivity index (χ0v) is 18.4. The van der Waals surface area contributed by atoms with E-state index in [1.807, 2.05) is 25.1 Å². The van der Waals surface area contributed by atoms with Gasteiger partial charge in [0.25, 0.3) is 10.0 Å². The monoisotopic (exact) mass is 450 g/mol. The van der Waals surface area contributed by atoms with Crippen LogP contribution in [-0.4, -0.2) is 22.1 Å². The van der Waals surface area contributed by atoms with E-state index in [-0.39, 0.29) is 5.69 Å². The number of allylic oxidation sites excluding steroid dienone is 1. The third-order valence-electron chi connectivity index (χ3n) is 4.29. The first-order valence-electron chi connectivity index (χ1n) is 9.74. The molecule has 0 saturated carbocycles. The summed E-state index contributed by atoms with van der Waals surface area (Å²) in [6.45, 7) is 2.30. The highest BCUT2D eigenvalue weighted by Gasteiger charge is 2.20. The minimum absolute atomic E-state index is 0.210. The van der Waals surface area contributed by atoms with Gasteiger partial charge >= 0.3 is 0 Å². The van der Waals surface area contributed by atoms with E-state index in [0.29, 0.717) is 35.2 Å². The Hall–Kier alpha value is -3.96. The summed E-state index contributed by atoms with van der Waals surface area (Å²) in [6, 6.07) is 22.2. The number of hydrogen-bond donors (Lipinski definition) is 1. The lowest BCUT2D eigenvalue weighted by molar-refractivity contribution is 0.311. The Balaban J connectivity index is 1.90. The van der Waals surface area contributed by atoms with Crippen molar-refractivity contribution in [1.29, 1.82) is 5.26 Å². The van der Waals surface area contributed by atoms with Crippen LogP contribution >= 0.6 is 0 Å². The SMILES string of the molecule is CCOc1ccc(/C=C(/C#N)S(=O)(=O)Nc2ccccc2Oc2ccccc2)cc1OC. The first-order chi connectivity index (χ1) is 15.5. The number of methoxy groups -OCH3 is 1. The Bertz CT molecular complexity index is 1250. The minimum Gasteiger partial charge on any atom is -0.493 e. The summed E-state index contributed by atoms with van der Waals surface area (Å²) < 4.78 is 44.9. The van der Waals surface area contributed by atoms with Crippen molar-refractivity contribution in [2.75, 3.05) is 18.4 Å². The van der Waals surface area contributed by atoms with E-state index in [4.69, 9.17) is 14.2 Å². The van der Waals surface area contributed by atoms with Crippen molar-refractivity contribution < 1.29 is 22.6 Å². The van der Waals surface area contributed by atoms with Gasteiger partial charge in [0.05, 0.1) is 19.4 Å². The van der Waals surface area contributed by atoms with E-state index in [0.717, 1.165) is 0 Å². The molecule has 0 aliphatic rings. The molecule has 3 rings (SSSR count).